The summed E-state index contributed by atoms with van der Waals surface area (Å²) in [6, 6.07) is 9.66. The van der Waals surface area contributed by atoms with E-state index in [0.29, 0.717) is 12.3 Å². The van der Waals surface area contributed by atoms with Crippen molar-refractivity contribution in [3.63, 3.8) is 0 Å². The van der Waals surface area contributed by atoms with E-state index in [1.165, 1.54) is 0 Å². The molecule has 1 aromatic heterocycles. The molecule has 1 heterocycles. The summed E-state index contributed by atoms with van der Waals surface area (Å²) in [6.45, 7) is 0.569. The standard InChI is InChI=1S/C12H15NO2/c1-13(2)8-10(14)12-7-9-5-3-4-6-11(9)15-12/h3-7,10,14H,8H2,1-2H3/t10-/m0/s1. The van der Waals surface area contributed by atoms with Crippen LogP contribution in [-0.2, 0) is 0 Å². The quantitative estimate of drug-likeness (QED) is 0.833. The number of aliphatic hydroxyl groups excluding tert-OH is 1. The van der Waals surface area contributed by atoms with Gasteiger partial charge in [-0.05, 0) is 26.2 Å². The number of rotatable bonds is 3. The van der Waals surface area contributed by atoms with Crippen molar-refractivity contribution in [3.05, 3.63) is 36.1 Å². The molecule has 0 radical (unpaired) electrons. The van der Waals surface area contributed by atoms with Crippen LogP contribution in [0.1, 0.15) is 11.9 Å². The highest BCUT2D eigenvalue weighted by Crippen LogP contribution is 2.23. The lowest BCUT2D eigenvalue weighted by molar-refractivity contribution is 0.117. The normalized spacial score (nSPS) is 13.6. The number of hydrogen-bond donors (Lipinski definition) is 1. The highest BCUT2D eigenvalue weighted by Gasteiger charge is 2.13. The van der Waals surface area contributed by atoms with Crippen molar-refractivity contribution in [2.45, 2.75) is 6.10 Å². The molecule has 0 saturated carbocycles. The van der Waals surface area contributed by atoms with Crippen molar-refractivity contribution in [3.8, 4) is 0 Å². The van der Waals surface area contributed by atoms with E-state index in [4.69, 9.17) is 4.42 Å². The summed E-state index contributed by atoms with van der Waals surface area (Å²) in [5.41, 5.74) is 0.824. The maximum absolute atomic E-state index is 9.86. The molecule has 0 aliphatic heterocycles. The van der Waals surface area contributed by atoms with Gasteiger partial charge < -0.3 is 14.4 Å². The lowest BCUT2D eigenvalue weighted by atomic mass is 10.2. The predicted octanol–water partition coefficient (Wildman–Crippen LogP) is 2.03. The van der Waals surface area contributed by atoms with Crippen molar-refractivity contribution in [2.75, 3.05) is 20.6 Å². The smallest absolute Gasteiger partial charge is 0.135 e. The minimum atomic E-state index is -0.563. The van der Waals surface area contributed by atoms with Gasteiger partial charge in [-0.25, -0.2) is 0 Å². The Morgan fingerprint density at radius 3 is 2.73 bits per heavy atom. The predicted molar refractivity (Wildman–Crippen MR) is 59.7 cm³/mol. The Balaban J connectivity index is 2.28. The van der Waals surface area contributed by atoms with Crippen LogP contribution in [0.5, 0.6) is 0 Å². The van der Waals surface area contributed by atoms with Crippen LogP contribution in [0, 0.1) is 0 Å². The van der Waals surface area contributed by atoms with Gasteiger partial charge in [0, 0.05) is 11.9 Å². The molecule has 80 valence electrons. The van der Waals surface area contributed by atoms with Gasteiger partial charge in [-0.1, -0.05) is 18.2 Å². The number of hydrogen-bond acceptors (Lipinski definition) is 3. The van der Waals surface area contributed by atoms with Crippen molar-refractivity contribution < 1.29 is 9.52 Å². The monoisotopic (exact) mass is 205 g/mol. The van der Waals surface area contributed by atoms with E-state index in [0.717, 1.165) is 11.0 Å². The molecule has 2 rings (SSSR count). The van der Waals surface area contributed by atoms with E-state index in [1.54, 1.807) is 0 Å². The Morgan fingerprint density at radius 2 is 2.07 bits per heavy atom. The zero-order valence-electron chi connectivity index (χ0n) is 8.97. The fourth-order valence-corrected chi connectivity index (χ4v) is 1.60. The fourth-order valence-electron chi connectivity index (χ4n) is 1.60. The summed E-state index contributed by atoms with van der Waals surface area (Å²) in [5.74, 6) is 0.630. The third-order valence-electron chi connectivity index (χ3n) is 2.31. The van der Waals surface area contributed by atoms with Crippen LogP contribution in [0.2, 0.25) is 0 Å². The topological polar surface area (TPSA) is 36.6 Å². The number of furan rings is 1. The molecule has 0 spiro atoms. The van der Waals surface area contributed by atoms with Crippen LogP contribution in [0.25, 0.3) is 11.0 Å². The Kier molecular flexibility index (Phi) is 2.75. The number of nitrogens with zero attached hydrogens (tertiary/aromatic N) is 1. The van der Waals surface area contributed by atoms with E-state index < -0.39 is 6.10 Å². The van der Waals surface area contributed by atoms with Crippen LogP contribution >= 0.6 is 0 Å². The lowest BCUT2D eigenvalue weighted by Gasteiger charge is -2.13. The molecule has 2 aromatic rings. The fraction of sp³-hybridized carbons (Fsp3) is 0.333. The van der Waals surface area contributed by atoms with Gasteiger partial charge in [-0.15, -0.1) is 0 Å². The average molecular weight is 205 g/mol. The van der Waals surface area contributed by atoms with Gasteiger partial charge in [0.15, 0.2) is 0 Å². The zero-order valence-corrected chi connectivity index (χ0v) is 8.97. The van der Waals surface area contributed by atoms with Gasteiger partial charge in [0.05, 0.1) is 0 Å². The number of para-hydroxylation sites is 1. The molecule has 3 heteroatoms. The van der Waals surface area contributed by atoms with Crippen molar-refractivity contribution in [2.24, 2.45) is 0 Å². The molecule has 15 heavy (non-hydrogen) atoms. The minimum Gasteiger partial charge on any atom is -0.458 e. The molecule has 0 aliphatic rings. The van der Waals surface area contributed by atoms with Gasteiger partial charge in [0.25, 0.3) is 0 Å². The summed E-state index contributed by atoms with van der Waals surface area (Å²) in [5, 5.41) is 10.9. The van der Waals surface area contributed by atoms with Crippen LogP contribution < -0.4 is 0 Å². The molecule has 3 nitrogen and oxygen atoms in total. The van der Waals surface area contributed by atoms with Gasteiger partial charge >= 0.3 is 0 Å². The summed E-state index contributed by atoms with van der Waals surface area (Å²) in [7, 11) is 3.84. The van der Waals surface area contributed by atoms with Crippen molar-refractivity contribution >= 4 is 11.0 Å². The SMILES string of the molecule is CN(C)C[C@H](O)c1cc2ccccc2o1. The molecule has 0 amide bonds. The van der Waals surface area contributed by atoms with Crippen molar-refractivity contribution in [1.82, 2.24) is 4.90 Å². The number of benzene rings is 1. The summed E-state index contributed by atoms with van der Waals surface area (Å²) in [6.07, 6.45) is -0.563. The first-order valence-electron chi connectivity index (χ1n) is 4.98. The van der Waals surface area contributed by atoms with Gasteiger partial charge in [0.2, 0.25) is 0 Å². The van der Waals surface area contributed by atoms with Gasteiger partial charge in [0.1, 0.15) is 17.4 Å². The molecule has 1 atom stereocenters. The summed E-state index contributed by atoms with van der Waals surface area (Å²) in [4.78, 5) is 1.93. The maximum atomic E-state index is 9.86. The van der Waals surface area contributed by atoms with E-state index in [9.17, 15) is 5.11 Å². The van der Waals surface area contributed by atoms with E-state index in [1.807, 2.05) is 49.3 Å². The molecule has 0 unspecified atom stereocenters. The Morgan fingerprint density at radius 1 is 1.33 bits per heavy atom. The summed E-state index contributed by atoms with van der Waals surface area (Å²) < 4.78 is 5.55. The second kappa shape index (κ2) is 4.04. The molecule has 0 bridgehead atoms. The van der Waals surface area contributed by atoms with Gasteiger partial charge in [-0.3, -0.25) is 0 Å². The Bertz CT molecular complexity index is 415. The van der Waals surface area contributed by atoms with Crippen LogP contribution in [-0.4, -0.2) is 30.6 Å². The van der Waals surface area contributed by atoms with Crippen LogP contribution in [0.15, 0.2) is 34.7 Å². The third-order valence-corrected chi connectivity index (χ3v) is 2.31. The maximum Gasteiger partial charge on any atom is 0.135 e. The first-order chi connectivity index (χ1) is 7.16. The molecule has 0 saturated heterocycles. The first kappa shape index (κ1) is 10.2. The van der Waals surface area contributed by atoms with Crippen molar-refractivity contribution in [1.29, 1.82) is 0 Å². The molecular formula is C12H15NO2. The zero-order chi connectivity index (χ0) is 10.8. The third kappa shape index (κ3) is 2.19. The minimum absolute atomic E-state index is 0.563. The second-order valence-corrected chi connectivity index (χ2v) is 3.96. The lowest BCUT2D eigenvalue weighted by Crippen LogP contribution is -2.19. The highest BCUT2D eigenvalue weighted by atomic mass is 16.4. The molecule has 0 aliphatic carbocycles. The average Bonchev–Trinajstić information content (AvgIpc) is 2.59. The molecule has 1 aromatic carbocycles. The number of aliphatic hydroxyl groups is 1. The highest BCUT2D eigenvalue weighted by molar-refractivity contribution is 5.77. The Labute approximate surface area is 88.9 Å². The Hall–Kier alpha value is -1.32. The summed E-state index contributed by atoms with van der Waals surface area (Å²) >= 11 is 0. The van der Waals surface area contributed by atoms with Gasteiger partial charge in [-0.2, -0.15) is 0 Å². The molecule has 1 N–H and O–H groups in total. The molecular weight excluding hydrogens is 190 g/mol. The first-order valence-corrected chi connectivity index (χ1v) is 4.98. The second-order valence-electron chi connectivity index (χ2n) is 3.96. The largest absolute Gasteiger partial charge is 0.458 e. The van der Waals surface area contributed by atoms with E-state index in [-0.39, 0.29) is 0 Å². The number of fused-ring (bicyclic) bond motifs is 1. The van der Waals surface area contributed by atoms with Crippen LogP contribution in [0.3, 0.4) is 0 Å². The number of likely N-dealkylation sites (N-methyl/N-ethyl adjacent to an activating group) is 1. The van der Waals surface area contributed by atoms with Crippen LogP contribution in [0.4, 0.5) is 0 Å². The van der Waals surface area contributed by atoms with E-state index in [2.05, 4.69) is 0 Å². The van der Waals surface area contributed by atoms with E-state index >= 15 is 0 Å². The molecule has 0 fully saturated rings.